The van der Waals surface area contributed by atoms with Gasteiger partial charge in [0.15, 0.2) is 5.78 Å². The summed E-state index contributed by atoms with van der Waals surface area (Å²) in [6.07, 6.45) is 14.6. The Labute approximate surface area is 273 Å². The van der Waals surface area contributed by atoms with E-state index in [4.69, 9.17) is 4.74 Å². The maximum Gasteiger partial charge on any atom is 0.410 e. The number of amides is 1. The van der Waals surface area contributed by atoms with Gasteiger partial charge in [-0.05, 0) is 92.9 Å². The van der Waals surface area contributed by atoms with Gasteiger partial charge in [-0.2, -0.15) is 0 Å². The van der Waals surface area contributed by atoms with Gasteiger partial charge >= 0.3 is 6.09 Å². The number of benzene rings is 2. The molecule has 2 aromatic rings. The van der Waals surface area contributed by atoms with Crippen molar-refractivity contribution in [3.8, 4) is 0 Å². The number of carbonyl (C=O) groups is 2. The van der Waals surface area contributed by atoms with Gasteiger partial charge in [-0.3, -0.25) is 4.79 Å². The van der Waals surface area contributed by atoms with Gasteiger partial charge in [0, 0.05) is 44.2 Å². The Hall–Kier alpha value is -2.66. The lowest BCUT2D eigenvalue weighted by Crippen LogP contribution is -2.49. The first kappa shape index (κ1) is 33.7. The zero-order valence-corrected chi connectivity index (χ0v) is 28.1. The summed E-state index contributed by atoms with van der Waals surface area (Å²) in [4.78, 5) is 30.6. The highest BCUT2D eigenvalue weighted by atomic mass is 16.6. The number of nitrogens with zero attached hydrogens (tertiary/aromatic N) is 2. The Balaban J connectivity index is 1.12. The molecule has 5 rings (SSSR count). The second-order valence-corrected chi connectivity index (χ2v) is 14.6. The van der Waals surface area contributed by atoms with Crippen molar-refractivity contribution in [3.05, 3.63) is 71.8 Å². The third-order valence-corrected chi connectivity index (χ3v) is 11.1. The maximum atomic E-state index is 13.2. The highest BCUT2D eigenvalue weighted by Crippen LogP contribution is 2.46. The number of hydrogen-bond acceptors (Lipinski definition) is 4. The molecule has 0 N–H and O–H groups in total. The number of hydrogen-bond donors (Lipinski definition) is 0. The second-order valence-electron chi connectivity index (χ2n) is 14.6. The van der Waals surface area contributed by atoms with Crippen molar-refractivity contribution in [2.75, 3.05) is 32.8 Å². The minimum Gasteiger partial charge on any atom is -0.449 e. The minimum absolute atomic E-state index is 0.0803. The molecule has 2 aliphatic carbocycles. The van der Waals surface area contributed by atoms with E-state index >= 15 is 0 Å². The molecule has 0 bridgehead atoms. The highest BCUT2D eigenvalue weighted by molar-refractivity contribution is 5.95. The van der Waals surface area contributed by atoms with Gasteiger partial charge in [0.1, 0.15) is 0 Å². The Kier molecular flexibility index (Phi) is 13.0. The van der Waals surface area contributed by atoms with Crippen molar-refractivity contribution < 1.29 is 14.3 Å². The Morgan fingerprint density at radius 2 is 1.58 bits per heavy atom. The lowest BCUT2D eigenvalue weighted by Gasteiger charge is -2.39. The molecule has 4 atom stereocenters. The van der Waals surface area contributed by atoms with Crippen molar-refractivity contribution >= 4 is 11.9 Å². The van der Waals surface area contributed by atoms with E-state index in [0.29, 0.717) is 48.7 Å². The maximum absolute atomic E-state index is 13.2. The molecule has 2 aromatic carbocycles. The Bertz CT molecular complexity index is 1160. The van der Waals surface area contributed by atoms with Gasteiger partial charge in [0.05, 0.1) is 6.61 Å². The number of rotatable bonds is 14. The third kappa shape index (κ3) is 9.91. The van der Waals surface area contributed by atoms with Crippen molar-refractivity contribution in [1.29, 1.82) is 0 Å². The third-order valence-electron chi connectivity index (χ3n) is 11.1. The van der Waals surface area contributed by atoms with Crippen LogP contribution in [0.15, 0.2) is 60.7 Å². The van der Waals surface area contributed by atoms with Crippen LogP contribution >= 0.6 is 0 Å². The molecule has 1 aliphatic heterocycles. The molecule has 1 saturated heterocycles. The van der Waals surface area contributed by atoms with Crippen molar-refractivity contribution in [2.24, 2.45) is 23.7 Å². The molecule has 0 aromatic heterocycles. The summed E-state index contributed by atoms with van der Waals surface area (Å²) >= 11 is 0. The minimum atomic E-state index is -0.0803. The largest absolute Gasteiger partial charge is 0.449 e. The zero-order chi connectivity index (χ0) is 31.4. The van der Waals surface area contributed by atoms with Crippen LogP contribution < -0.4 is 0 Å². The lowest BCUT2D eigenvalue weighted by molar-refractivity contribution is 0.0493. The van der Waals surface area contributed by atoms with Crippen LogP contribution in [0.1, 0.15) is 119 Å². The van der Waals surface area contributed by atoms with E-state index in [1.165, 1.54) is 56.9 Å². The fraction of sp³-hybridized carbons (Fsp3) is 0.650. The summed E-state index contributed by atoms with van der Waals surface area (Å²) in [5, 5.41) is 0. The molecule has 246 valence electrons. The topological polar surface area (TPSA) is 49.9 Å². The Morgan fingerprint density at radius 3 is 2.27 bits per heavy atom. The van der Waals surface area contributed by atoms with Crippen molar-refractivity contribution in [3.63, 3.8) is 0 Å². The van der Waals surface area contributed by atoms with Gasteiger partial charge < -0.3 is 14.5 Å². The number of ether oxygens (including phenoxy) is 1. The molecular weight excluding hydrogens is 556 g/mol. The SMILES string of the molecule is CCCN(C(=O)OCC1CCCCC1)C1CCN(C[C@H]2CC(CC(C)CCC(=O)c3ccccc3)C[C@@H]2c2ccccc2)CC1. The Morgan fingerprint density at radius 1 is 0.889 bits per heavy atom. The summed E-state index contributed by atoms with van der Waals surface area (Å²) in [7, 11) is 0. The summed E-state index contributed by atoms with van der Waals surface area (Å²) in [6, 6.07) is 21.2. The summed E-state index contributed by atoms with van der Waals surface area (Å²) < 4.78 is 5.90. The molecule has 2 saturated carbocycles. The normalized spacial score (nSPS) is 23.9. The zero-order valence-electron chi connectivity index (χ0n) is 28.1. The standard InChI is InChI=1S/C40H58N2O3/c1-3-23-42(40(44)45-30-32-13-7-4-8-14-32)37-21-24-41(25-22-37)29-36-27-33(28-38(36)34-15-9-5-10-16-34)26-31(2)19-20-39(43)35-17-11-6-12-18-35/h5-6,9-12,15-18,31-33,36-38H,3-4,7-8,13-14,19-30H2,1-2H3/t31?,33?,36-,38-/m1/s1. The van der Waals surface area contributed by atoms with Crippen LogP contribution in [-0.2, 0) is 4.74 Å². The number of carbonyl (C=O) groups excluding carboxylic acids is 2. The number of Topliss-reactive ketones (excluding diaryl/α,β-unsaturated/α-hetero) is 1. The van der Waals surface area contributed by atoms with Crippen LogP contribution in [0.5, 0.6) is 0 Å². The van der Waals surface area contributed by atoms with Crippen LogP contribution in [0.4, 0.5) is 4.79 Å². The first-order chi connectivity index (χ1) is 22.0. The van der Waals surface area contributed by atoms with Gasteiger partial charge in [0.25, 0.3) is 0 Å². The van der Waals surface area contributed by atoms with E-state index in [2.05, 4.69) is 54.0 Å². The van der Waals surface area contributed by atoms with Gasteiger partial charge in [0.2, 0.25) is 0 Å². The molecule has 3 fully saturated rings. The second kappa shape index (κ2) is 17.3. The van der Waals surface area contributed by atoms with E-state index < -0.39 is 0 Å². The van der Waals surface area contributed by atoms with E-state index in [9.17, 15) is 9.59 Å². The molecule has 3 aliphatic rings. The van der Waals surface area contributed by atoms with Gasteiger partial charge in [-0.1, -0.05) is 93.8 Å². The smallest absolute Gasteiger partial charge is 0.410 e. The predicted molar refractivity (Wildman–Crippen MR) is 184 cm³/mol. The highest BCUT2D eigenvalue weighted by Gasteiger charge is 2.38. The molecule has 45 heavy (non-hydrogen) atoms. The van der Waals surface area contributed by atoms with Crippen LogP contribution in [0, 0.1) is 23.7 Å². The molecule has 2 unspecified atom stereocenters. The van der Waals surface area contributed by atoms with Crippen molar-refractivity contribution in [2.45, 2.75) is 109 Å². The van der Waals surface area contributed by atoms with E-state index in [1.54, 1.807) is 0 Å². The predicted octanol–water partition coefficient (Wildman–Crippen LogP) is 9.38. The number of likely N-dealkylation sites (tertiary alicyclic amines) is 1. The molecule has 1 amide bonds. The number of piperidine rings is 1. The van der Waals surface area contributed by atoms with Crippen LogP contribution in [-0.4, -0.2) is 60.5 Å². The molecule has 0 radical (unpaired) electrons. The van der Waals surface area contributed by atoms with E-state index in [-0.39, 0.29) is 11.9 Å². The van der Waals surface area contributed by atoms with Crippen LogP contribution in [0.3, 0.4) is 0 Å². The quantitative estimate of drug-likeness (QED) is 0.199. The molecule has 0 spiro atoms. The van der Waals surface area contributed by atoms with Crippen LogP contribution in [0.25, 0.3) is 0 Å². The van der Waals surface area contributed by atoms with E-state index in [1.807, 2.05) is 30.3 Å². The first-order valence-corrected chi connectivity index (χ1v) is 18.3. The van der Waals surface area contributed by atoms with Gasteiger partial charge in [-0.15, -0.1) is 0 Å². The average molecular weight is 615 g/mol. The monoisotopic (exact) mass is 614 g/mol. The molecule has 5 nitrogen and oxygen atoms in total. The van der Waals surface area contributed by atoms with E-state index in [0.717, 1.165) is 57.4 Å². The molecule has 5 heteroatoms. The average Bonchev–Trinajstić information content (AvgIpc) is 3.48. The lowest BCUT2D eigenvalue weighted by atomic mass is 9.87. The summed E-state index contributed by atoms with van der Waals surface area (Å²) in [6.45, 7) is 9.16. The number of ketones is 1. The summed E-state index contributed by atoms with van der Waals surface area (Å²) in [5.41, 5.74) is 2.33. The van der Waals surface area contributed by atoms with Crippen molar-refractivity contribution in [1.82, 2.24) is 9.80 Å². The van der Waals surface area contributed by atoms with Gasteiger partial charge in [-0.25, -0.2) is 4.79 Å². The van der Waals surface area contributed by atoms with Crippen LogP contribution in [0.2, 0.25) is 0 Å². The fourth-order valence-electron chi connectivity index (χ4n) is 8.61. The molecule has 1 heterocycles. The fourth-order valence-corrected chi connectivity index (χ4v) is 8.61. The first-order valence-electron chi connectivity index (χ1n) is 18.3. The summed E-state index contributed by atoms with van der Waals surface area (Å²) in [5.74, 6) is 3.33. The molecular formula is C40H58N2O3.